The van der Waals surface area contributed by atoms with Crippen LogP contribution in [0.25, 0.3) is 0 Å². The zero-order chi connectivity index (χ0) is 14.5. The van der Waals surface area contributed by atoms with E-state index in [1.807, 2.05) is 0 Å². The van der Waals surface area contributed by atoms with Gasteiger partial charge in [-0.3, -0.25) is 4.79 Å². The van der Waals surface area contributed by atoms with Crippen LogP contribution in [-0.4, -0.2) is 12.6 Å². The highest BCUT2D eigenvalue weighted by atomic mass is 16.5. The molecule has 1 aliphatic rings. The summed E-state index contributed by atoms with van der Waals surface area (Å²) >= 11 is 0. The maximum Gasteiger partial charge on any atom is 0.305 e. The number of hydrogen-bond donors (Lipinski definition) is 0. The van der Waals surface area contributed by atoms with Gasteiger partial charge in [-0.2, -0.15) is 0 Å². The highest BCUT2D eigenvalue weighted by molar-refractivity contribution is 5.69. The van der Waals surface area contributed by atoms with Crippen LogP contribution in [0.5, 0.6) is 0 Å². The average molecular weight is 282 g/mol. The zero-order valence-electron chi connectivity index (χ0n) is 13.5. The standard InChI is InChI=1S/C18H34O2/c1-2-3-9-13-18(19)20-16-11-8-6-4-5-7-10-12-17-14-15-17/h17H,2-16H2,1H3. The van der Waals surface area contributed by atoms with Crippen molar-refractivity contribution < 1.29 is 9.53 Å². The smallest absolute Gasteiger partial charge is 0.305 e. The molecule has 2 nitrogen and oxygen atoms in total. The molecule has 0 aromatic carbocycles. The number of carbonyl (C=O) groups excluding carboxylic acids is 1. The van der Waals surface area contributed by atoms with Gasteiger partial charge in [0.1, 0.15) is 0 Å². The summed E-state index contributed by atoms with van der Waals surface area (Å²) in [7, 11) is 0. The first-order chi connectivity index (χ1) is 9.83. The lowest BCUT2D eigenvalue weighted by molar-refractivity contribution is -0.143. The number of hydrogen-bond acceptors (Lipinski definition) is 2. The molecule has 0 atom stereocenters. The van der Waals surface area contributed by atoms with Crippen LogP contribution in [0.1, 0.15) is 96.8 Å². The molecular formula is C18H34O2. The SMILES string of the molecule is CCCCCC(=O)OCCCCCCCCCC1CC1. The highest BCUT2D eigenvalue weighted by Gasteiger charge is 2.19. The van der Waals surface area contributed by atoms with Crippen molar-refractivity contribution in [3.05, 3.63) is 0 Å². The van der Waals surface area contributed by atoms with E-state index < -0.39 is 0 Å². The minimum absolute atomic E-state index is 0.00136. The third-order valence-electron chi connectivity index (χ3n) is 4.20. The number of unbranched alkanes of at least 4 members (excludes halogenated alkanes) is 8. The minimum atomic E-state index is -0.00136. The molecular weight excluding hydrogens is 248 g/mol. The molecule has 1 fully saturated rings. The Bertz CT molecular complexity index is 234. The van der Waals surface area contributed by atoms with E-state index >= 15 is 0 Å². The fourth-order valence-electron chi connectivity index (χ4n) is 2.60. The molecule has 1 saturated carbocycles. The van der Waals surface area contributed by atoms with Gasteiger partial charge >= 0.3 is 5.97 Å². The Morgan fingerprint density at radius 2 is 1.55 bits per heavy atom. The van der Waals surface area contributed by atoms with Crippen molar-refractivity contribution in [1.29, 1.82) is 0 Å². The van der Waals surface area contributed by atoms with Crippen LogP contribution < -0.4 is 0 Å². The largest absolute Gasteiger partial charge is 0.466 e. The summed E-state index contributed by atoms with van der Waals surface area (Å²) in [5.74, 6) is 1.10. The van der Waals surface area contributed by atoms with Crippen molar-refractivity contribution in [3.63, 3.8) is 0 Å². The quantitative estimate of drug-likeness (QED) is 0.304. The summed E-state index contributed by atoms with van der Waals surface area (Å²) in [6.45, 7) is 2.78. The Labute approximate surface area is 125 Å². The fraction of sp³-hybridized carbons (Fsp3) is 0.944. The molecule has 0 saturated heterocycles. The van der Waals surface area contributed by atoms with E-state index in [-0.39, 0.29) is 5.97 Å². The van der Waals surface area contributed by atoms with E-state index in [2.05, 4.69) is 6.92 Å². The lowest BCUT2D eigenvalue weighted by atomic mass is 10.1. The molecule has 0 N–H and O–H groups in total. The number of ether oxygens (including phenoxy) is 1. The summed E-state index contributed by atoms with van der Waals surface area (Å²) in [6, 6.07) is 0. The van der Waals surface area contributed by atoms with Gasteiger partial charge < -0.3 is 4.74 Å². The number of rotatable bonds is 14. The molecule has 0 unspecified atom stereocenters. The first-order valence-corrected chi connectivity index (χ1v) is 8.98. The monoisotopic (exact) mass is 282 g/mol. The van der Waals surface area contributed by atoms with Crippen molar-refractivity contribution in [3.8, 4) is 0 Å². The van der Waals surface area contributed by atoms with Crippen LogP contribution in [0.4, 0.5) is 0 Å². The first-order valence-electron chi connectivity index (χ1n) is 8.98. The van der Waals surface area contributed by atoms with Crippen LogP contribution >= 0.6 is 0 Å². The molecule has 0 heterocycles. The van der Waals surface area contributed by atoms with Gasteiger partial charge in [0.05, 0.1) is 6.61 Å². The topological polar surface area (TPSA) is 26.3 Å². The highest BCUT2D eigenvalue weighted by Crippen LogP contribution is 2.34. The molecule has 20 heavy (non-hydrogen) atoms. The molecule has 118 valence electrons. The van der Waals surface area contributed by atoms with Crippen LogP contribution in [0.15, 0.2) is 0 Å². The number of carbonyl (C=O) groups is 1. The molecule has 0 radical (unpaired) electrons. The second-order valence-corrected chi connectivity index (χ2v) is 6.38. The number of esters is 1. The van der Waals surface area contributed by atoms with E-state index in [0.29, 0.717) is 13.0 Å². The van der Waals surface area contributed by atoms with Crippen molar-refractivity contribution in [2.45, 2.75) is 96.8 Å². The van der Waals surface area contributed by atoms with E-state index in [1.165, 1.54) is 57.8 Å². The van der Waals surface area contributed by atoms with Crippen molar-refractivity contribution in [2.24, 2.45) is 5.92 Å². The normalized spacial score (nSPS) is 14.4. The summed E-state index contributed by atoms with van der Waals surface area (Å²) in [4.78, 5) is 11.4. The van der Waals surface area contributed by atoms with Gasteiger partial charge in [0.15, 0.2) is 0 Å². The van der Waals surface area contributed by atoms with Gasteiger partial charge in [-0.25, -0.2) is 0 Å². The van der Waals surface area contributed by atoms with Gasteiger partial charge in [-0.1, -0.05) is 77.6 Å². The second kappa shape index (κ2) is 12.2. The lowest BCUT2D eigenvalue weighted by Crippen LogP contribution is -2.05. The predicted octanol–water partition coefficient (Wildman–Crippen LogP) is 5.64. The average Bonchev–Trinajstić information content (AvgIpc) is 3.25. The summed E-state index contributed by atoms with van der Waals surface area (Å²) < 4.78 is 5.23. The van der Waals surface area contributed by atoms with Crippen LogP contribution in [-0.2, 0) is 9.53 Å². The maximum atomic E-state index is 11.4. The minimum Gasteiger partial charge on any atom is -0.466 e. The van der Waals surface area contributed by atoms with Gasteiger partial charge in [0.2, 0.25) is 0 Å². The Hall–Kier alpha value is -0.530. The van der Waals surface area contributed by atoms with Crippen LogP contribution in [0.3, 0.4) is 0 Å². The third-order valence-corrected chi connectivity index (χ3v) is 4.20. The van der Waals surface area contributed by atoms with Crippen molar-refractivity contribution in [2.75, 3.05) is 6.61 Å². The lowest BCUT2D eigenvalue weighted by Gasteiger charge is -2.05. The maximum absolute atomic E-state index is 11.4. The first kappa shape index (κ1) is 17.5. The molecule has 1 rings (SSSR count). The Kier molecular flexibility index (Phi) is 10.7. The molecule has 0 aliphatic heterocycles. The molecule has 0 aromatic heterocycles. The molecule has 0 spiro atoms. The van der Waals surface area contributed by atoms with Crippen molar-refractivity contribution in [1.82, 2.24) is 0 Å². The Morgan fingerprint density at radius 3 is 2.20 bits per heavy atom. The van der Waals surface area contributed by atoms with Gasteiger partial charge in [-0.05, 0) is 18.8 Å². The molecule has 1 aliphatic carbocycles. The van der Waals surface area contributed by atoms with Crippen LogP contribution in [0.2, 0.25) is 0 Å². The summed E-state index contributed by atoms with van der Waals surface area (Å²) in [5.41, 5.74) is 0. The molecule has 0 amide bonds. The summed E-state index contributed by atoms with van der Waals surface area (Å²) in [6.07, 6.45) is 17.5. The van der Waals surface area contributed by atoms with E-state index in [9.17, 15) is 4.79 Å². The third kappa shape index (κ3) is 11.3. The van der Waals surface area contributed by atoms with Crippen LogP contribution in [0, 0.1) is 5.92 Å². The van der Waals surface area contributed by atoms with Crippen molar-refractivity contribution >= 4 is 5.97 Å². The van der Waals surface area contributed by atoms with E-state index in [1.54, 1.807) is 0 Å². The molecule has 2 heteroatoms. The van der Waals surface area contributed by atoms with Gasteiger partial charge in [0, 0.05) is 6.42 Å². The predicted molar refractivity (Wildman–Crippen MR) is 84.8 cm³/mol. The zero-order valence-corrected chi connectivity index (χ0v) is 13.5. The Balaban J connectivity index is 1.69. The van der Waals surface area contributed by atoms with E-state index in [0.717, 1.165) is 31.6 Å². The van der Waals surface area contributed by atoms with Gasteiger partial charge in [-0.15, -0.1) is 0 Å². The van der Waals surface area contributed by atoms with E-state index in [4.69, 9.17) is 4.74 Å². The fourth-order valence-corrected chi connectivity index (χ4v) is 2.60. The van der Waals surface area contributed by atoms with Gasteiger partial charge in [0.25, 0.3) is 0 Å². The molecule has 0 bridgehead atoms. The second-order valence-electron chi connectivity index (χ2n) is 6.38. The molecule has 0 aromatic rings. The summed E-state index contributed by atoms with van der Waals surface area (Å²) in [5, 5.41) is 0. The Morgan fingerprint density at radius 1 is 0.900 bits per heavy atom.